The number of carboxylic acids is 1. The van der Waals surface area contributed by atoms with Crippen molar-refractivity contribution in [2.24, 2.45) is 5.92 Å². The van der Waals surface area contributed by atoms with Crippen LogP contribution in [0.5, 0.6) is 0 Å². The summed E-state index contributed by atoms with van der Waals surface area (Å²) < 4.78 is 35.5. The summed E-state index contributed by atoms with van der Waals surface area (Å²) in [6, 6.07) is 0.207. The Hall–Kier alpha value is -2.58. The van der Waals surface area contributed by atoms with E-state index < -0.39 is 24.0 Å². The average molecular weight is 572 g/mol. The summed E-state index contributed by atoms with van der Waals surface area (Å²) in [6.07, 6.45) is 12.8. The van der Waals surface area contributed by atoms with Crippen molar-refractivity contribution in [3.05, 3.63) is 63.9 Å². The predicted molar refractivity (Wildman–Crippen MR) is 158 cm³/mol. The topological polar surface area (TPSA) is 74.7 Å². The number of allylic oxidation sites excluding steroid dienone is 6. The van der Waals surface area contributed by atoms with Crippen LogP contribution in [0.25, 0.3) is 0 Å². The SMILES string of the molecule is CC(C)=C(/C=C\C1=C(C)NCCC1)CCCCC(F)[C@@H]1CCN(C(C(=O)O)c2cc(F)cnc2C2CCCCO2)C1. The Kier molecular flexibility index (Phi) is 11.5. The molecule has 4 atom stereocenters. The van der Waals surface area contributed by atoms with E-state index in [-0.39, 0.29) is 12.0 Å². The summed E-state index contributed by atoms with van der Waals surface area (Å²) in [5, 5.41) is 13.6. The van der Waals surface area contributed by atoms with Gasteiger partial charge in [0.25, 0.3) is 0 Å². The number of alkyl halides is 1. The molecule has 0 aromatic carbocycles. The number of aliphatic carboxylic acids is 1. The van der Waals surface area contributed by atoms with E-state index in [0.717, 1.165) is 64.1 Å². The first-order valence-electron chi connectivity index (χ1n) is 15.4. The molecular formula is C33H47F2N3O3. The molecule has 4 rings (SSSR count). The number of nitrogens with zero attached hydrogens (tertiary/aromatic N) is 2. The highest BCUT2D eigenvalue weighted by Gasteiger charge is 2.39. The van der Waals surface area contributed by atoms with Crippen LogP contribution < -0.4 is 5.32 Å². The third kappa shape index (κ3) is 8.48. The number of carboxylic acid groups (broad SMARTS) is 1. The first kappa shape index (κ1) is 31.4. The summed E-state index contributed by atoms with van der Waals surface area (Å²) >= 11 is 0. The van der Waals surface area contributed by atoms with Gasteiger partial charge < -0.3 is 15.2 Å². The molecule has 3 aliphatic heterocycles. The molecule has 8 heteroatoms. The largest absolute Gasteiger partial charge is 0.480 e. The molecule has 0 spiro atoms. The lowest BCUT2D eigenvalue weighted by molar-refractivity contribution is -0.143. The van der Waals surface area contributed by atoms with Crippen molar-refractivity contribution in [1.82, 2.24) is 15.2 Å². The van der Waals surface area contributed by atoms with Crippen molar-refractivity contribution in [2.45, 2.75) is 103 Å². The average Bonchev–Trinajstić information content (AvgIpc) is 3.43. The number of unbranched alkanes of at least 4 members (excludes halogenated alkanes) is 1. The minimum Gasteiger partial charge on any atom is -0.480 e. The maximum atomic E-state index is 15.4. The Bertz CT molecular complexity index is 1140. The van der Waals surface area contributed by atoms with Crippen LogP contribution in [-0.2, 0) is 9.53 Å². The lowest BCUT2D eigenvalue weighted by Crippen LogP contribution is -2.35. The van der Waals surface area contributed by atoms with Gasteiger partial charge in [-0.3, -0.25) is 14.7 Å². The quantitative estimate of drug-likeness (QED) is 0.202. The highest BCUT2D eigenvalue weighted by Crippen LogP contribution is 2.37. The Morgan fingerprint density at radius 1 is 1.27 bits per heavy atom. The van der Waals surface area contributed by atoms with Crippen molar-refractivity contribution >= 4 is 5.97 Å². The highest BCUT2D eigenvalue weighted by atomic mass is 19.1. The first-order chi connectivity index (χ1) is 19.7. The summed E-state index contributed by atoms with van der Waals surface area (Å²) in [5.74, 6) is -1.87. The zero-order chi connectivity index (χ0) is 29.4. The maximum Gasteiger partial charge on any atom is 0.325 e. The Morgan fingerprint density at radius 2 is 2.10 bits per heavy atom. The van der Waals surface area contributed by atoms with Gasteiger partial charge in [-0.25, -0.2) is 8.78 Å². The van der Waals surface area contributed by atoms with Crippen LogP contribution in [-0.4, -0.2) is 53.4 Å². The lowest BCUT2D eigenvalue weighted by atomic mass is 9.95. The van der Waals surface area contributed by atoms with Gasteiger partial charge in [0, 0.05) is 36.9 Å². The van der Waals surface area contributed by atoms with Crippen LogP contribution in [0.3, 0.4) is 0 Å². The summed E-state index contributed by atoms with van der Waals surface area (Å²) in [5.41, 5.74) is 6.03. The van der Waals surface area contributed by atoms with Gasteiger partial charge in [-0.15, -0.1) is 0 Å². The number of rotatable bonds is 12. The van der Waals surface area contributed by atoms with E-state index in [2.05, 4.69) is 43.2 Å². The molecule has 6 nitrogen and oxygen atoms in total. The van der Waals surface area contributed by atoms with Gasteiger partial charge in [0.2, 0.25) is 0 Å². The van der Waals surface area contributed by atoms with Gasteiger partial charge in [-0.1, -0.05) is 24.1 Å². The van der Waals surface area contributed by atoms with E-state index in [1.807, 2.05) is 0 Å². The van der Waals surface area contributed by atoms with Gasteiger partial charge in [0.15, 0.2) is 0 Å². The summed E-state index contributed by atoms with van der Waals surface area (Å²) in [4.78, 5) is 18.5. The smallest absolute Gasteiger partial charge is 0.325 e. The number of halogens is 2. The monoisotopic (exact) mass is 571 g/mol. The predicted octanol–water partition coefficient (Wildman–Crippen LogP) is 7.36. The van der Waals surface area contributed by atoms with Gasteiger partial charge in [0.05, 0.1) is 18.0 Å². The number of nitrogens with one attached hydrogen (secondary N) is 1. The second-order valence-corrected chi connectivity index (χ2v) is 12.1. The van der Waals surface area contributed by atoms with Crippen LogP contribution in [0, 0.1) is 11.7 Å². The molecule has 0 saturated carbocycles. The van der Waals surface area contributed by atoms with E-state index in [1.54, 1.807) is 4.90 Å². The van der Waals surface area contributed by atoms with E-state index in [4.69, 9.17) is 4.74 Å². The van der Waals surface area contributed by atoms with Crippen molar-refractivity contribution in [3.8, 4) is 0 Å². The molecule has 3 aliphatic rings. The lowest BCUT2D eigenvalue weighted by Gasteiger charge is -2.30. The Labute approximate surface area is 243 Å². The molecule has 1 aromatic rings. The van der Waals surface area contributed by atoms with Crippen molar-refractivity contribution in [2.75, 3.05) is 26.2 Å². The number of ether oxygens (including phenoxy) is 1. The zero-order valence-electron chi connectivity index (χ0n) is 24.9. The number of likely N-dealkylation sites (tertiary alicyclic amines) is 1. The van der Waals surface area contributed by atoms with E-state index in [1.165, 1.54) is 28.5 Å². The van der Waals surface area contributed by atoms with Gasteiger partial charge >= 0.3 is 5.97 Å². The molecule has 226 valence electrons. The van der Waals surface area contributed by atoms with Gasteiger partial charge in [-0.05, 0) is 102 Å². The minimum atomic E-state index is -1.07. The van der Waals surface area contributed by atoms with Crippen LogP contribution in [0.4, 0.5) is 8.78 Å². The third-order valence-electron chi connectivity index (χ3n) is 8.86. The molecular weight excluding hydrogens is 524 g/mol. The minimum absolute atomic E-state index is 0.232. The molecule has 1 aromatic heterocycles. The number of carbonyl (C=O) groups is 1. The van der Waals surface area contributed by atoms with E-state index >= 15 is 4.39 Å². The van der Waals surface area contributed by atoms with Gasteiger partial charge in [-0.2, -0.15) is 0 Å². The third-order valence-corrected chi connectivity index (χ3v) is 8.86. The van der Waals surface area contributed by atoms with Crippen LogP contribution in [0.15, 0.2) is 46.8 Å². The maximum absolute atomic E-state index is 15.4. The molecule has 2 saturated heterocycles. The summed E-state index contributed by atoms with van der Waals surface area (Å²) in [6.45, 7) is 8.80. The first-order valence-corrected chi connectivity index (χ1v) is 15.4. The second-order valence-electron chi connectivity index (χ2n) is 12.1. The molecule has 41 heavy (non-hydrogen) atoms. The van der Waals surface area contributed by atoms with E-state index in [9.17, 15) is 14.3 Å². The molecule has 0 amide bonds. The zero-order valence-corrected chi connectivity index (χ0v) is 24.9. The fraction of sp³-hybridized carbons (Fsp3) is 0.636. The number of aromatic nitrogens is 1. The van der Waals surface area contributed by atoms with Crippen LogP contribution in [0.1, 0.15) is 108 Å². The van der Waals surface area contributed by atoms with Crippen molar-refractivity contribution in [3.63, 3.8) is 0 Å². The second kappa shape index (κ2) is 15.1. The number of hydrogen-bond donors (Lipinski definition) is 2. The molecule has 0 bridgehead atoms. The molecule has 3 unspecified atom stereocenters. The number of hydrogen-bond acceptors (Lipinski definition) is 5. The van der Waals surface area contributed by atoms with E-state index in [0.29, 0.717) is 43.8 Å². The van der Waals surface area contributed by atoms with Crippen molar-refractivity contribution < 1.29 is 23.4 Å². The van der Waals surface area contributed by atoms with Crippen LogP contribution >= 0.6 is 0 Å². The Balaban J connectivity index is 1.32. The molecule has 4 heterocycles. The normalized spacial score (nSPS) is 23.4. The number of pyridine rings is 1. The van der Waals surface area contributed by atoms with Crippen LogP contribution in [0.2, 0.25) is 0 Å². The molecule has 2 N–H and O–H groups in total. The summed E-state index contributed by atoms with van der Waals surface area (Å²) in [7, 11) is 0. The molecule has 2 fully saturated rings. The van der Waals surface area contributed by atoms with Gasteiger partial charge in [0.1, 0.15) is 18.0 Å². The molecule has 0 aliphatic carbocycles. The standard InChI is InChI=1S/C33H47F2N3O3/c1-22(2)24(13-14-25-10-8-16-36-23(25)3)9-4-5-11-29(35)26-15-17-38(21-26)32(33(39)40)28-19-27(34)20-37-31(28)30-12-6-7-18-41-30/h13-14,19-20,26,29-30,32,36H,4-12,15-18,21H2,1-3H3,(H,39,40)/b14-13-/t26-,29?,30?,32?/m1/s1. The fourth-order valence-electron chi connectivity index (χ4n) is 6.40. The molecule has 0 radical (unpaired) electrons. The Morgan fingerprint density at radius 3 is 2.80 bits per heavy atom. The van der Waals surface area contributed by atoms with Crippen molar-refractivity contribution in [1.29, 1.82) is 0 Å². The fourth-order valence-corrected chi connectivity index (χ4v) is 6.40. The highest BCUT2D eigenvalue weighted by molar-refractivity contribution is 5.76.